The molecule has 6 heteroatoms. The zero-order valence-electron chi connectivity index (χ0n) is 15.4. The lowest BCUT2D eigenvalue weighted by molar-refractivity contribution is -0.142. The number of amides is 2. The van der Waals surface area contributed by atoms with Crippen LogP contribution in [0.1, 0.15) is 51.4 Å². The van der Waals surface area contributed by atoms with Gasteiger partial charge in [0.2, 0.25) is 11.8 Å². The molecular formula is C19H33N3O3. The first kappa shape index (κ1) is 18.6. The van der Waals surface area contributed by atoms with E-state index < -0.39 is 0 Å². The molecule has 142 valence electrons. The SMILES string of the molecule is O=C(CN1CCCC(C(=O)N2CCOCC2)C1)NC1CCCCCC1. The topological polar surface area (TPSA) is 61.9 Å². The van der Waals surface area contributed by atoms with Gasteiger partial charge in [-0.1, -0.05) is 25.7 Å². The van der Waals surface area contributed by atoms with Crippen molar-refractivity contribution in [2.24, 2.45) is 5.92 Å². The molecule has 25 heavy (non-hydrogen) atoms. The molecule has 0 bridgehead atoms. The minimum atomic E-state index is 0.0394. The number of carbonyl (C=O) groups excluding carboxylic acids is 2. The molecule has 0 aromatic rings. The van der Waals surface area contributed by atoms with Crippen molar-refractivity contribution in [1.29, 1.82) is 0 Å². The van der Waals surface area contributed by atoms with Crippen molar-refractivity contribution >= 4 is 11.8 Å². The summed E-state index contributed by atoms with van der Waals surface area (Å²) in [5.41, 5.74) is 0. The molecule has 1 atom stereocenters. The Morgan fingerprint density at radius 3 is 2.36 bits per heavy atom. The van der Waals surface area contributed by atoms with Crippen LogP contribution in [0.3, 0.4) is 0 Å². The molecule has 2 amide bonds. The lowest BCUT2D eigenvalue weighted by Gasteiger charge is -2.36. The standard InChI is InChI=1S/C19H33N3O3/c23-18(20-17-7-3-1-2-4-8-17)15-21-9-5-6-16(14-21)19(24)22-10-12-25-13-11-22/h16-17H,1-15H2,(H,20,23). The van der Waals surface area contributed by atoms with Crippen LogP contribution in [0, 0.1) is 5.92 Å². The largest absolute Gasteiger partial charge is 0.378 e. The first-order chi connectivity index (χ1) is 12.2. The van der Waals surface area contributed by atoms with Crippen LogP contribution in [0.15, 0.2) is 0 Å². The molecule has 1 saturated carbocycles. The van der Waals surface area contributed by atoms with Gasteiger partial charge in [0.15, 0.2) is 0 Å². The number of hydrogen-bond acceptors (Lipinski definition) is 4. The Bertz CT molecular complexity index is 443. The van der Waals surface area contributed by atoms with Crippen molar-refractivity contribution in [2.45, 2.75) is 57.4 Å². The highest BCUT2D eigenvalue weighted by Crippen LogP contribution is 2.20. The van der Waals surface area contributed by atoms with Gasteiger partial charge in [0.25, 0.3) is 0 Å². The second kappa shape index (κ2) is 9.53. The molecule has 2 aliphatic heterocycles. The van der Waals surface area contributed by atoms with Gasteiger partial charge in [-0.25, -0.2) is 0 Å². The third kappa shape index (κ3) is 5.68. The van der Waals surface area contributed by atoms with Gasteiger partial charge >= 0.3 is 0 Å². The Balaban J connectivity index is 1.44. The molecule has 3 rings (SSSR count). The van der Waals surface area contributed by atoms with Crippen molar-refractivity contribution in [3.05, 3.63) is 0 Å². The number of rotatable bonds is 4. The second-order valence-corrected chi connectivity index (χ2v) is 7.77. The van der Waals surface area contributed by atoms with Gasteiger partial charge in [-0.15, -0.1) is 0 Å². The van der Waals surface area contributed by atoms with Crippen molar-refractivity contribution in [2.75, 3.05) is 45.9 Å². The Labute approximate surface area is 151 Å². The van der Waals surface area contributed by atoms with E-state index in [9.17, 15) is 9.59 Å². The third-order valence-electron chi connectivity index (χ3n) is 5.77. The van der Waals surface area contributed by atoms with E-state index >= 15 is 0 Å². The smallest absolute Gasteiger partial charge is 0.234 e. The minimum Gasteiger partial charge on any atom is -0.378 e. The van der Waals surface area contributed by atoms with Crippen molar-refractivity contribution in [3.63, 3.8) is 0 Å². The lowest BCUT2D eigenvalue weighted by atomic mass is 9.96. The average Bonchev–Trinajstić information content (AvgIpc) is 2.90. The van der Waals surface area contributed by atoms with E-state index in [-0.39, 0.29) is 17.7 Å². The summed E-state index contributed by atoms with van der Waals surface area (Å²) in [6, 6.07) is 0.352. The van der Waals surface area contributed by atoms with E-state index in [2.05, 4.69) is 10.2 Å². The monoisotopic (exact) mass is 351 g/mol. The van der Waals surface area contributed by atoms with Gasteiger partial charge in [-0.05, 0) is 32.2 Å². The van der Waals surface area contributed by atoms with Crippen LogP contribution < -0.4 is 5.32 Å². The maximum Gasteiger partial charge on any atom is 0.234 e. The Hall–Kier alpha value is -1.14. The zero-order valence-corrected chi connectivity index (χ0v) is 15.4. The van der Waals surface area contributed by atoms with Crippen LogP contribution in [-0.2, 0) is 14.3 Å². The summed E-state index contributed by atoms with van der Waals surface area (Å²) in [6.07, 6.45) is 9.21. The molecule has 1 N–H and O–H groups in total. The molecule has 2 saturated heterocycles. The van der Waals surface area contributed by atoms with E-state index in [1.165, 1.54) is 25.7 Å². The van der Waals surface area contributed by atoms with Gasteiger partial charge < -0.3 is 15.0 Å². The number of hydrogen-bond donors (Lipinski definition) is 1. The van der Waals surface area contributed by atoms with E-state index in [1.807, 2.05) is 4.90 Å². The average molecular weight is 351 g/mol. The van der Waals surface area contributed by atoms with E-state index in [0.29, 0.717) is 45.4 Å². The highest BCUT2D eigenvalue weighted by molar-refractivity contribution is 5.80. The van der Waals surface area contributed by atoms with E-state index in [1.54, 1.807) is 0 Å². The summed E-state index contributed by atoms with van der Waals surface area (Å²) < 4.78 is 5.33. The maximum absolute atomic E-state index is 12.7. The highest BCUT2D eigenvalue weighted by atomic mass is 16.5. The first-order valence-electron chi connectivity index (χ1n) is 10.1. The number of likely N-dealkylation sites (tertiary alicyclic amines) is 1. The molecule has 0 spiro atoms. The van der Waals surface area contributed by atoms with Gasteiger partial charge in [-0.3, -0.25) is 14.5 Å². The summed E-state index contributed by atoms with van der Waals surface area (Å²) in [6.45, 7) is 4.77. The fourth-order valence-electron chi connectivity index (χ4n) is 4.34. The number of carbonyl (C=O) groups is 2. The molecule has 2 heterocycles. The minimum absolute atomic E-state index is 0.0394. The lowest BCUT2D eigenvalue weighted by Crippen LogP contribution is -2.50. The first-order valence-corrected chi connectivity index (χ1v) is 10.1. The Morgan fingerprint density at radius 1 is 0.920 bits per heavy atom. The summed E-state index contributed by atoms with van der Waals surface area (Å²) in [7, 11) is 0. The van der Waals surface area contributed by atoms with Crippen LogP contribution in [0.2, 0.25) is 0 Å². The number of ether oxygens (including phenoxy) is 1. The van der Waals surface area contributed by atoms with Crippen molar-refractivity contribution < 1.29 is 14.3 Å². The zero-order chi connectivity index (χ0) is 17.5. The molecule has 0 aromatic carbocycles. The molecule has 3 fully saturated rings. The normalized spacial score (nSPS) is 26.9. The van der Waals surface area contributed by atoms with Gasteiger partial charge in [0.1, 0.15) is 0 Å². The van der Waals surface area contributed by atoms with Crippen LogP contribution >= 0.6 is 0 Å². The fraction of sp³-hybridized carbons (Fsp3) is 0.895. The number of nitrogens with zero attached hydrogens (tertiary/aromatic N) is 2. The highest BCUT2D eigenvalue weighted by Gasteiger charge is 2.30. The predicted molar refractivity (Wildman–Crippen MR) is 96.2 cm³/mol. The molecular weight excluding hydrogens is 318 g/mol. The fourth-order valence-corrected chi connectivity index (χ4v) is 4.34. The Morgan fingerprint density at radius 2 is 1.64 bits per heavy atom. The second-order valence-electron chi connectivity index (χ2n) is 7.77. The molecule has 1 aliphatic carbocycles. The number of morpholine rings is 1. The van der Waals surface area contributed by atoms with Crippen molar-refractivity contribution in [3.8, 4) is 0 Å². The summed E-state index contributed by atoms with van der Waals surface area (Å²) in [5.74, 6) is 0.418. The van der Waals surface area contributed by atoms with Crippen molar-refractivity contribution in [1.82, 2.24) is 15.1 Å². The molecule has 3 aliphatic rings. The van der Waals surface area contributed by atoms with Gasteiger partial charge in [-0.2, -0.15) is 0 Å². The van der Waals surface area contributed by atoms with Crippen LogP contribution in [0.5, 0.6) is 0 Å². The van der Waals surface area contributed by atoms with Crippen LogP contribution in [-0.4, -0.2) is 73.6 Å². The van der Waals surface area contributed by atoms with Gasteiger partial charge in [0.05, 0.1) is 25.7 Å². The van der Waals surface area contributed by atoms with Gasteiger partial charge in [0, 0.05) is 25.7 Å². The summed E-state index contributed by atoms with van der Waals surface area (Å²) in [5, 5.41) is 3.22. The quantitative estimate of drug-likeness (QED) is 0.778. The predicted octanol–water partition coefficient (Wildman–Crippen LogP) is 1.40. The molecule has 1 unspecified atom stereocenters. The van der Waals surface area contributed by atoms with E-state index in [0.717, 1.165) is 32.2 Å². The molecule has 0 aromatic heterocycles. The molecule has 0 radical (unpaired) electrons. The summed E-state index contributed by atoms with van der Waals surface area (Å²) in [4.78, 5) is 29.2. The summed E-state index contributed by atoms with van der Waals surface area (Å²) >= 11 is 0. The number of nitrogens with one attached hydrogen (secondary N) is 1. The van der Waals surface area contributed by atoms with Crippen LogP contribution in [0.25, 0.3) is 0 Å². The van der Waals surface area contributed by atoms with Crippen LogP contribution in [0.4, 0.5) is 0 Å². The third-order valence-corrected chi connectivity index (χ3v) is 5.77. The molecule has 6 nitrogen and oxygen atoms in total. The number of piperidine rings is 1. The Kier molecular flexibility index (Phi) is 7.11. The van der Waals surface area contributed by atoms with E-state index in [4.69, 9.17) is 4.74 Å². The maximum atomic E-state index is 12.7.